The number of carboxylic acids is 1. The number of ether oxygens (including phenoxy) is 1. The van der Waals surface area contributed by atoms with Crippen molar-refractivity contribution in [1.82, 2.24) is 4.98 Å². The van der Waals surface area contributed by atoms with Crippen LogP contribution in [0.3, 0.4) is 0 Å². The van der Waals surface area contributed by atoms with Gasteiger partial charge in [-0.25, -0.2) is 4.79 Å². The largest absolute Gasteiger partial charge is 0.478 e. The van der Waals surface area contributed by atoms with Crippen LogP contribution in [0, 0.1) is 0 Å². The molecule has 1 heterocycles. The summed E-state index contributed by atoms with van der Waals surface area (Å²) in [7, 11) is 0. The summed E-state index contributed by atoms with van der Waals surface area (Å²) < 4.78 is 5.75. The van der Waals surface area contributed by atoms with Gasteiger partial charge in [-0.2, -0.15) is 0 Å². The van der Waals surface area contributed by atoms with Crippen molar-refractivity contribution in [3.8, 4) is 17.0 Å². The summed E-state index contributed by atoms with van der Waals surface area (Å²) in [6.45, 7) is 6.62. The number of benzene rings is 2. The number of nitrogens with one attached hydrogen (secondary N) is 1. The molecular formula is C22H23NO3. The number of H-pyrrole nitrogens is 1. The maximum absolute atomic E-state index is 11.3. The van der Waals surface area contributed by atoms with E-state index >= 15 is 0 Å². The molecule has 1 saturated carbocycles. The summed E-state index contributed by atoms with van der Waals surface area (Å²) in [5, 5.41) is 10.3. The van der Waals surface area contributed by atoms with Crippen LogP contribution in [0.25, 0.3) is 22.2 Å². The number of hydrogen-bond acceptors (Lipinski definition) is 2. The molecule has 0 amide bonds. The van der Waals surface area contributed by atoms with E-state index in [4.69, 9.17) is 4.74 Å². The van der Waals surface area contributed by atoms with E-state index in [0.717, 1.165) is 22.2 Å². The summed E-state index contributed by atoms with van der Waals surface area (Å²) in [5.74, 6) is -0.280. The molecule has 0 saturated heterocycles. The molecule has 2 aromatic carbocycles. The molecule has 1 aromatic heterocycles. The quantitative estimate of drug-likeness (QED) is 0.686. The van der Waals surface area contributed by atoms with E-state index in [9.17, 15) is 9.90 Å². The average Bonchev–Trinajstić information content (AvgIpc) is 3.25. The Bertz CT molecular complexity index is 990. The Morgan fingerprint density at radius 2 is 1.88 bits per heavy atom. The van der Waals surface area contributed by atoms with Crippen molar-refractivity contribution in [2.45, 2.75) is 44.6 Å². The molecule has 2 N–H and O–H groups in total. The second-order valence-electron chi connectivity index (χ2n) is 8.16. The summed E-state index contributed by atoms with van der Waals surface area (Å²) in [6.07, 6.45) is 1.14. The third-order valence-electron chi connectivity index (χ3n) is 5.04. The van der Waals surface area contributed by atoms with Gasteiger partial charge in [-0.15, -0.1) is 0 Å². The van der Waals surface area contributed by atoms with Crippen LogP contribution in [-0.2, 0) is 10.2 Å². The molecule has 4 heteroatoms. The minimum atomic E-state index is -1.02. The number of aromatic amines is 1. The fourth-order valence-corrected chi connectivity index (χ4v) is 3.18. The molecule has 1 fully saturated rings. The van der Waals surface area contributed by atoms with Crippen LogP contribution in [0.4, 0.5) is 0 Å². The number of fused-ring (bicyclic) bond motifs is 1. The van der Waals surface area contributed by atoms with Crippen molar-refractivity contribution in [2.75, 3.05) is 0 Å². The van der Waals surface area contributed by atoms with E-state index < -0.39 is 11.6 Å². The number of carbonyl (C=O) groups is 1. The highest BCUT2D eigenvalue weighted by Gasteiger charge is 2.53. The monoisotopic (exact) mass is 349 g/mol. The van der Waals surface area contributed by atoms with E-state index in [1.165, 1.54) is 5.56 Å². The first-order valence-electron chi connectivity index (χ1n) is 8.93. The SMILES string of the molecule is CC(C)(C)c1cccc(-c2cc3cc(OC4(C(=O)O)CC4)ccc3[nH]2)c1. The van der Waals surface area contributed by atoms with Crippen LogP contribution in [0.2, 0.25) is 0 Å². The van der Waals surface area contributed by atoms with Gasteiger partial charge in [-0.05, 0) is 46.9 Å². The van der Waals surface area contributed by atoms with Crippen molar-refractivity contribution < 1.29 is 14.6 Å². The smallest absolute Gasteiger partial charge is 0.348 e. The molecule has 0 spiro atoms. The molecule has 4 rings (SSSR count). The molecule has 0 radical (unpaired) electrons. The lowest BCUT2D eigenvalue weighted by molar-refractivity contribution is -0.147. The van der Waals surface area contributed by atoms with Gasteiger partial charge in [0.1, 0.15) is 5.75 Å². The number of aliphatic carboxylic acids is 1. The molecule has 0 aliphatic heterocycles. The predicted molar refractivity (Wildman–Crippen MR) is 103 cm³/mol. The Labute approximate surface area is 152 Å². The van der Waals surface area contributed by atoms with Gasteiger partial charge in [0.25, 0.3) is 0 Å². The van der Waals surface area contributed by atoms with Crippen molar-refractivity contribution in [3.05, 3.63) is 54.1 Å². The molecular weight excluding hydrogens is 326 g/mol. The zero-order valence-corrected chi connectivity index (χ0v) is 15.3. The van der Waals surface area contributed by atoms with E-state index in [-0.39, 0.29) is 5.41 Å². The summed E-state index contributed by atoms with van der Waals surface area (Å²) in [6, 6.07) is 16.3. The predicted octanol–water partition coefficient (Wildman–Crippen LogP) is 5.13. The Kier molecular flexibility index (Phi) is 3.62. The second-order valence-corrected chi connectivity index (χ2v) is 8.16. The normalized spacial score (nSPS) is 15.8. The minimum absolute atomic E-state index is 0.0957. The summed E-state index contributed by atoms with van der Waals surface area (Å²) in [5.41, 5.74) is 3.55. The van der Waals surface area contributed by atoms with Crippen LogP contribution < -0.4 is 4.74 Å². The molecule has 0 unspecified atom stereocenters. The van der Waals surface area contributed by atoms with Gasteiger partial charge in [0, 0.05) is 29.4 Å². The highest BCUT2D eigenvalue weighted by molar-refractivity contribution is 5.87. The van der Waals surface area contributed by atoms with Crippen LogP contribution in [-0.4, -0.2) is 21.7 Å². The highest BCUT2D eigenvalue weighted by atomic mass is 16.5. The van der Waals surface area contributed by atoms with E-state index in [1.54, 1.807) is 0 Å². The second kappa shape index (κ2) is 5.63. The first-order valence-corrected chi connectivity index (χ1v) is 8.93. The lowest BCUT2D eigenvalue weighted by atomic mass is 9.86. The first-order chi connectivity index (χ1) is 12.3. The van der Waals surface area contributed by atoms with Gasteiger partial charge in [-0.3, -0.25) is 0 Å². The molecule has 134 valence electrons. The van der Waals surface area contributed by atoms with E-state index in [0.29, 0.717) is 18.6 Å². The van der Waals surface area contributed by atoms with Gasteiger partial charge in [0.15, 0.2) is 0 Å². The summed E-state index contributed by atoms with van der Waals surface area (Å²) in [4.78, 5) is 14.8. The Morgan fingerprint density at radius 3 is 2.54 bits per heavy atom. The van der Waals surface area contributed by atoms with Crippen LogP contribution in [0.15, 0.2) is 48.5 Å². The first kappa shape index (κ1) is 16.7. The minimum Gasteiger partial charge on any atom is -0.478 e. The Morgan fingerprint density at radius 1 is 1.12 bits per heavy atom. The lowest BCUT2D eigenvalue weighted by Crippen LogP contribution is -2.28. The highest BCUT2D eigenvalue weighted by Crippen LogP contribution is 2.41. The van der Waals surface area contributed by atoms with Crippen molar-refractivity contribution in [1.29, 1.82) is 0 Å². The fraction of sp³-hybridized carbons (Fsp3) is 0.318. The Balaban J connectivity index is 1.67. The standard InChI is InChI=1S/C22H23NO3/c1-21(2,3)16-6-4-5-14(11-16)19-13-15-12-17(7-8-18(15)23-19)26-22(9-10-22)20(24)25/h4-8,11-13,23H,9-10H2,1-3H3,(H,24,25). The molecule has 1 aliphatic rings. The number of hydrogen-bond donors (Lipinski definition) is 2. The number of carboxylic acid groups (broad SMARTS) is 1. The number of aromatic nitrogens is 1. The van der Waals surface area contributed by atoms with Gasteiger partial charge >= 0.3 is 5.97 Å². The van der Waals surface area contributed by atoms with Crippen LogP contribution >= 0.6 is 0 Å². The molecule has 0 bridgehead atoms. The van der Waals surface area contributed by atoms with Gasteiger partial charge < -0.3 is 14.8 Å². The van der Waals surface area contributed by atoms with Crippen molar-refractivity contribution in [3.63, 3.8) is 0 Å². The van der Waals surface area contributed by atoms with Gasteiger partial charge in [0.2, 0.25) is 5.60 Å². The van der Waals surface area contributed by atoms with Crippen LogP contribution in [0.5, 0.6) is 5.75 Å². The topological polar surface area (TPSA) is 62.3 Å². The maximum Gasteiger partial charge on any atom is 0.348 e. The van der Waals surface area contributed by atoms with Gasteiger partial charge in [-0.1, -0.05) is 39.0 Å². The third kappa shape index (κ3) is 2.96. The average molecular weight is 349 g/mol. The van der Waals surface area contributed by atoms with Crippen molar-refractivity contribution >= 4 is 16.9 Å². The molecule has 26 heavy (non-hydrogen) atoms. The molecule has 4 nitrogen and oxygen atoms in total. The lowest BCUT2D eigenvalue weighted by Gasteiger charge is -2.19. The molecule has 3 aromatic rings. The maximum atomic E-state index is 11.3. The van der Waals surface area contributed by atoms with Crippen LogP contribution in [0.1, 0.15) is 39.2 Å². The molecule has 1 aliphatic carbocycles. The zero-order valence-electron chi connectivity index (χ0n) is 15.3. The molecule has 0 atom stereocenters. The van der Waals surface area contributed by atoms with E-state index in [1.807, 2.05) is 18.2 Å². The van der Waals surface area contributed by atoms with Crippen molar-refractivity contribution in [2.24, 2.45) is 0 Å². The summed E-state index contributed by atoms with van der Waals surface area (Å²) >= 11 is 0. The zero-order chi connectivity index (χ0) is 18.5. The van der Waals surface area contributed by atoms with E-state index in [2.05, 4.69) is 56.1 Å². The number of rotatable bonds is 4. The Hall–Kier alpha value is -2.75. The third-order valence-corrected chi connectivity index (χ3v) is 5.04. The fourth-order valence-electron chi connectivity index (χ4n) is 3.18. The van der Waals surface area contributed by atoms with Gasteiger partial charge in [0.05, 0.1) is 0 Å².